The van der Waals surface area contributed by atoms with Crippen molar-refractivity contribution >= 4 is 23.5 Å². The number of amides is 4. The van der Waals surface area contributed by atoms with Crippen LogP contribution in [0.15, 0.2) is 54.6 Å². The molecule has 1 heterocycles. The fourth-order valence-corrected chi connectivity index (χ4v) is 4.06. The molecular formula is C25H29F3N4O3. The molecule has 4 amide bonds. The van der Waals surface area contributed by atoms with Gasteiger partial charge in [0.1, 0.15) is 6.04 Å². The van der Waals surface area contributed by atoms with Crippen LogP contribution < -0.4 is 10.6 Å². The predicted molar refractivity (Wildman–Crippen MR) is 126 cm³/mol. The second kappa shape index (κ2) is 10.8. The number of alkyl halides is 3. The van der Waals surface area contributed by atoms with Gasteiger partial charge in [-0.05, 0) is 37.1 Å². The molecule has 2 aromatic rings. The van der Waals surface area contributed by atoms with Gasteiger partial charge in [-0.25, -0.2) is 4.79 Å². The third-order valence-electron chi connectivity index (χ3n) is 5.92. The molecule has 3 rings (SSSR count). The van der Waals surface area contributed by atoms with Gasteiger partial charge in [0.05, 0.1) is 11.3 Å². The lowest BCUT2D eigenvalue weighted by atomic mass is 10.0. The van der Waals surface area contributed by atoms with E-state index in [1.165, 1.54) is 12.1 Å². The van der Waals surface area contributed by atoms with Crippen LogP contribution >= 0.6 is 0 Å². The van der Waals surface area contributed by atoms with Crippen molar-refractivity contribution in [2.45, 2.75) is 39.0 Å². The second-order valence-corrected chi connectivity index (χ2v) is 8.86. The maximum Gasteiger partial charge on any atom is 0.418 e. The zero-order valence-corrected chi connectivity index (χ0v) is 19.8. The van der Waals surface area contributed by atoms with Crippen LogP contribution in [0, 0.1) is 5.92 Å². The van der Waals surface area contributed by atoms with Crippen molar-refractivity contribution in [2.75, 3.05) is 25.0 Å². The third-order valence-corrected chi connectivity index (χ3v) is 5.92. The third kappa shape index (κ3) is 6.32. The number of para-hydroxylation sites is 1. The smallest absolute Gasteiger partial charge is 0.337 e. The summed E-state index contributed by atoms with van der Waals surface area (Å²) >= 11 is 0. The highest BCUT2D eigenvalue weighted by Gasteiger charge is 2.36. The first kappa shape index (κ1) is 26.1. The molecule has 1 aliphatic heterocycles. The van der Waals surface area contributed by atoms with E-state index in [0.29, 0.717) is 12.1 Å². The van der Waals surface area contributed by atoms with Crippen LogP contribution in [0.1, 0.15) is 36.7 Å². The maximum absolute atomic E-state index is 13.2. The van der Waals surface area contributed by atoms with Gasteiger partial charge in [0.25, 0.3) is 5.91 Å². The Kier molecular flexibility index (Phi) is 8.03. The molecular weight excluding hydrogens is 461 g/mol. The molecule has 1 fully saturated rings. The Hall–Kier alpha value is -3.56. The molecule has 1 aliphatic rings. The number of benzene rings is 2. The Balaban J connectivity index is 1.65. The molecule has 0 aromatic heterocycles. The Morgan fingerprint density at radius 2 is 1.60 bits per heavy atom. The summed E-state index contributed by atoms with van der Waals surface area (Å²) < 4.78 is 39.7. The second-order valence-electron chi connectivity index (χ2n) is 8.86. The molecule has 2 atom stereocenters. The van der Waals surface area contributed by atoms with Crippen LogP contribution in [-0.2, 0) is 11.0 Å². The maximum atomic E-state index is 13.2. The first-order valence-corrected chi connectivity index (χ1v) is 11.4. The van der Waals surface area contributed by atoms with Gasteiger partial charge in [-0.15, -0.1) is 0 Å². The number of urea groups is 1. The molecule has 0 radical (unpaired) electrons. The highest BCUT2D eigenvalue weighted by molar-refractivity contribution is 5.96. The fourth-order valence-electron chi connectivity index (χ4n) is 4.06. The standard InChI is InChI=1S/C25H29F3N4O3/c1-16(2)21(30-24(35)29-20-12-8-7-11-19(20)25(26,27)28)23(34)31-13-14-32(17(3)15-31)22(33)18-9-5-4-6-10-18/h4-12,16-17,21H,13-15H2,1-3H3,(H2,29,30,35). The van der Waals surface area contributed by atoms with Crippen molar-refractivity contribution < 1.29 is 27.6 Å². The van der Waals surface area contributed by atoms with Crippen LogP contribution in [0.3, 0.4) is 0 Å². The number of hydrogen-bond acceptors (Lipinski definition) is 3. The summed E-state index contributed by atoms with van der Waals surface area (Å²) in [5, 5.41) is 4.74. The number of nitrogens with one attached hydrogen (secondary N) is 2. The molecule has 0 bridgehead atoms. The Morgan fingerprint density at radius 3 is 2.20 bits per heavy atom. The molecule has 0 aliphatic carbocycles. The molecule has 2 unspecified atom stereocenters. The van der Waals surface area contributed by atoms with E-state index in [4.69, 9.17) is 0 Å². The molecule has 188 valence electrons. The number of hydrogen-bond donors (Lipinski definition) is 2. The van der Waals surface area contributed by atoms with Crippen molar-refractivity contribution in [1.82, 2.24) is 15.1 Å². The molecule has 7 nitrogen and oxygen atoms in total. The van der Waals surface area contributed by atoms with Crippen LogP contribution in [0.5, 0.6) is 0 Å². The first-order valence-electron chi connectivity index (χ1n) is 11.4. The normalized spacial score (nSPS) is 17.2. The van der Waals surface area contributed by atoms with Gasteiger partial charge in [0.15, 0.2) is 0 Å². The Bertz CT molecular complexity index is 1060. The van der Waals surface area contributed by atoms with Crippen molar-refractivity contribution in [3.63, 3.8) is 0 Å². The average molecular weight is 491 g/mol. The molecule has 0 saturated carbocycles. The van der Waals surface area contributed by atoms with Crippen LogP contribution in [0.25, 0.3) is 0 Å². The van der Waals surface area contributed by atoms with E-state index in [1.807, 2.05) is 13.0 Å². The van der Waals surface area contributed by atoms with Crippen molar-refractivity contribution in [3.05, 3.63) is 65.7 Å². The van der Waals surface area contributed by atoms with Crippen LogP contribution in [0.2, 0.25) is 0 Å². The highest BCUT2D eigenvalue weighted by Crippen LogP contribution is 2.34. The number of nitrogens with zero attached hydrogens (tertiary/aromatic N) is 2. The zero-order chi connectivity index (χ0) is 25.8. The number of carbonyl (C=O) groups excluding carboxylic acids is 3. The molecule has 1 saturated heterocycles. The summed E-state index contributed by atoms with van der Waals surface area (Å²) in [4.78, 5) is 41.9. The van der Waals surface area contributed by atoms with Gasteiger partial charge >= 0.3 is 12.2 Å². The molecule has 2 aromatic carbocycles. The van der Waals surface area contributed by atoms with E-state index in [0.717, 1.165) is 12.1 Å². The van der Waals surface area contributed by atoms with Gasteiger partial charge in [0.2, 0.25) is 5.91 Å². The van der Waals surface area contributed by atoms with E-state index in [2.05, 4.69) is 10.6 Å². The largest absolute Gasteiger partial charge is 0.418 e. The summed E-state index contributed by atoms with van der Waals surface area (Å²) in [6, 6.07) is 11.4. The monoisotopic (exact) mass is 490 g/mol. The van der Waals surface area contributed by atoms with Gasteiger partial charge in [-0.3, -0.25) is 9.59 Å². The van der Waals surface area contributed by atoms with E-state index in [-0.39, 0.29) is 36.9 Å². The zero-order valence-electron chi connectivity index (χ0n) is 19.8. The summed E-state index contributed by atoms with van der Waals surface area (Å²) in [6.07, 6.45) is -4.63. The van der Waals surface area contributed by atoms with Crippen molar-refractivity contribution in [3.8, 4) is 0 Å². The van der Waals surface area contributed by atoms with Crippen LogP contribution in [-0.4, -0.2) is 59.4 Å². The summed E-state index contributed by atoms with van der Waals surface area (Å²) in [5.41, 5.74) is -0.804. The fraction of sp³-hybridized carbons (Fsp3) is 0.400. The van der Waals surface area contributed by atoms with E-state index in [9.17, 15) is 27.6 Å². The van der Waals surface area contributed by atoms with Gasteiger partial charge in [-0.1, -0.05) is 44.2 Å². The quantitative estimate of drug-likeness (QED) is 0.659. The minimum Gasteiger partial charge on any atom is -0.337 e. The highest BCUT2D eigenvalue weighted by atomic mass is 19.4. The summed E-state index contributed by atoms with van der Waals surface area (Å²) in [5.74, 6) is -0.783. The average Bonchev–Trinajstić information content (AvgIpc) is 2.81. The lowest BCUT2D eigenvalue weighted by Crippen LogP contribution is -2.60. The molecule has 2 N–H and O–H groups in total. The summed E-state index contributed by atoms with van der Waals surface area (Å²) in [6.45, 7) is 6.22. The minimum atomic E-state index is -4.63. The van der Waals surface area contributed by atoms with Crippen molar-refractivity contribution in [2.24, 2.45) is 5.92 Å². The van der Waals surface area contributed by atoms with E-state index < -0.39 is 29.5 Å². The predicted octanol–water partition coefficient (Wildman–Crippen LogP) is 4.22. The molecule has 35 heavy (non-hydrogen) atoms. The van der Waals surface area contributed by atoms with Crippen LogP contribution in [0.4, 0.5) is 23.7 Å². The molecule has 0 spiro atoms. The number of anilines is 1. The topological polar surface area (TPSA) is 81.8 Å². The lowest BCUT2D eigenvalue weighted by molar-refractivity contribution is -0.137. The lowest BCUT2D eigenvalue weighted by Gasteiger charge is -2.41. The molecule has 10 heteroatoms. The van der Waals surface area contributed by atoms with E-state index >= 15 is 0 Å². The van der Waals surface area contributed by atoms with E-state index in [1.54, 1.807) is 47.9 Å². The van der Waals surface area contributed by atoms with Crippen molar-refractivity contribution in [1.29, 1.82) is 0 Å². The Labute approximate surface area is 202 Å². The van der Waals surface area contributed by atoms with Gasteiger partial charge in [-0.2, -0.15) is 13.2 Å². The number of carbonyl (C=O) groups is 3. The SMILES string of the molecule is CC(C)C(NC(=O)Nc1ccccc1C(F)(F)F)C(=O)N1CCN(C(=O)c2ccccc2)C(C)C1. The van der Waals surface area contributed by atoms with Gasteiger partial charge < -0.3 is 20.4 Å². The Morgan fingerprint density at radius 1 is 0.971 bits per heavy atom. The number of halogens is 3. The summed E-state index contributed by atoms with van der Waals surface area (Å²) in [7, 11) is 0. The van der Waals surface area contributed by atoms with Gasteiger partial charge in [0, 0.05) is 31.2 Å². The number of rotatable bonds is 5. The number of piperazine rings is 1. The minimum absolute atomic E-state index is 0.119. The first-order chi connectivity index (χ1) is 16.5.